The fraction of sp³-hybridized carbons (Fsp3) is 0.692. The number of rotatable bonds is 12. The van der Waals surface area contributed by atoms with E-state index in [0.717, 1.165) is 4.90 Å². The number of amides is 2. The minimum atomic E-state index is -3.22. The number of carboxylic acids is 1. The molecule has 16 heteroatoms. The van der Waals surface area contributed by atoms with E-state index in [1.54, 1.807) is 20.8 Å². The van der Waals surface area contributed by atoms with Crippen molar-refractivity contribution >= 4 is 29.0 Å². The van der Waals surface area contributed by atoms with Crippen molar-refractivity contribution in [3.8, 4) is 0 Å². The minimum absolute atomic E-state index is 0.0745. The highest BCUT2D eigenvalue weighted by atomic mass is 32.2. The van der Waals surface area contributed by atoms with Gasteiger partial charge in [-0.25, -0.2) is 31.9 Å². The molecule has 2 aromatic rings. The Labute approximate surface area is 244 Å². The largest absolute Gasteiger partial charge is 0.598 e. The summed E-state index contributed by atoms with van der Waals surface area (Å²) in [6.07, 6.45) is 2.25. The van der Waals surface area contributed by atoms with Gasteiger partial charge in [-0.1, -0.05) is 13.8 Å². The van der Waals surface area contributed by atoms with E-state index in [2.05, 4.69) is 20.1 Å². The molecule has 0 aliphatic carbocycles. The van der Waals surface area contributed by atoms with Crippen LogP contribution in [0.3, 0.4) is 0 Å². The second-order valence-corrected chi connectivity index (χ2v) is 14.3. The van der Waals surface area contributed by atoms with Crippen LogP contribution in [0, 0.1) is 11.3 Å². The third kappa shape index (κ3) is 7.63. The Kier molecular flexibility index (Phi) is 9.76. The number of fused-ring (bicyclic) bond motifs is 1. The Morgan fingerprint density at radius 2 is 1.93 bits per heavy atom. The van der Waals surface area contributed by atoms with Crippen molar-refractivity contribution in [2.45, 2.75) is 76.6 Å². The van der Waals surface area contributed by atoms with Crippen LogP contribution in [0.4, 0.5) is 22.4 Å². The molecule has 0 spiro atoms. The maximum atomic E-state index is 14.4. The molecular weight excluding hydrogens is 584 g/mol. The Morgan fingerprint density at radius 3 is 2.48 bits per heavy atom. The first-order valence-corrected chi connectivity index (χ1v) is 14.4. The molecule has 3 heterocycles. The maximum absolute atomic E-state index is 14.4. The minimum Gasteiger partial charge on any atom is -0.598 e. The molecule has 1 saturated heterocycles. The van der Waals surface area contributed by atoms with E-state index in [1.165, 1.54) is 43.9 Å². The van der Waals surface area contributed by atoms with Gasteiger partial charge >= 0.3 is 12.0 Å². The molecule has 0 aromatic carbocycles. The number of nitrogens with one attached hydrogen (secondary N) is 2. The van der Waals surface area contributed by atoms with Gasteiger partial charge in [0.15, 0.2) is 5.65 Å². The molecule has 3 N–H and O–H groups in total. The lowest BCUT2D eigenvalue weighted by atomic mass is 9.75. The van der Waals surface area contributed by atoms with E-state index in [0.29, 0.717) is 12.5 Å². The van der Waals surface area contributed by atoms with Gasteiger partial charge in [0.1, 0.15) is 10.8 Å². The zero-order valence-electron chi connectivity index (χ0n) is 24.6. The number of carboxylic acid groups (broad SMARTS) is 1. The zero-order chi connectivity index (χ0) is 31.8. The van der Waals surface area contributed by atoms with Crippen LogP contribution in [0.25, 0.3) is 5.65 Å². The number of carbonyl (C=O) groups excluding carboxylic acids is 1. The monoisotopic (exact) mass is 622 g/mol. The number of aromatic nitrogens is 3. The molecule has 1 aliphatic heterocycles. The first-order valence-electron chi connectivity index (χ1n) is 13.2. The van der Waals surface area contributed by atoms with Gasteiger partial charge in [0.25, 0.3) is 5.92 Å². The van der Waals surface area contributed by atoms with Crippen LogP contribution in [0.2, 0.25) is 0 Å². The van der Waals surface area contributed by atoms with Crippen LogP contribution in [-0.4, -0.2) is 84.6 Å². The highest BCUT2D eigenvalue weighted by Gasteiger charge is 2.48. The van der Waals surface area contributed by atoms with E-state index < -0.39 is 82.9 Å². The molecule has 2 amide bonds. The number of alkyl halides is 4. The van der Waals surface area contributed by atoms with Crippen molar-refractivity contribution in [1.82, 2.24) is 29.5 Å². The first kappa shape index (κ1) is 33.8. The van der Waals surface area contributed by atoms with Crippen molar-refractivity contribution < 1.29 is 41.5 Å². The number of aliphatic carboxylic acids is 1. The SMILES string of the molecule is COC[C@H](c1cnn2cc([C@@H](N[S+]([O-])C(C)(C)C)C(CC(C)(C)C(C)(F)F)C(=O)O)nc2c1)N1CC(F)(F)CNC1=O. The van der Waals surface area contributed by atoms with Crippen molar-refractivity contribution in [2.75, 3.05) is 26.8 Å². The van der Waals surface area contributed by atoms with E-state index in [4.69, 9.17) is 4.74 Å². The van der Waals surface area contributed by atoms with Crippen LogP contribution >= 0.6 is 0 Å². The summed E-state index contributed by atoms with van der Waals surface area (Å²) in [4.78, 5) is 30.4. The van der Waals surface area contributed by atoms with Crippen molar-refractivity contribution in [3.63, 3.8) is 0 Å². The van der Waals surface area contributed by atoms with Crippen LogP contribution < -0.4 is 10.0 Å². The number of methoxy groups -OCH3 is 1. The van der Waals surface area contributed by atoms with Gasteiger partial charge in [-0.3, -0.25) is 4.79 Å². The number of halogens is 4. The number of ether oxygens (including phenoxy) is 1. The van der Waals surface area contributed by atoms with Gasteiger partial charge in [0, 0.05) is 29.5 Å². The average Bonchev–Trinajstić information content (AvgIpc) is 3.27. The quantitative estimate of drug-likeness (QED) is 0.239. The molecule has 236 valence electrons. The summed E-state index contributed by atoms with van der Waals surface area (Å²) in [5, 5.41) is 16.6. The molecule has 1 aliphatic rings. The van der Waals surface area contributed by atoms with Crippen molar-refractivity contribution in [2.24, 2.45) is 11.3 Å². The molecule has 0 radical (unpaired) electrons. The van der Waals surface area contributed by atoms with Gasteiger partial charge in [0.05, 0.1) is 49.7 Å². The molecule has 0 bridgehead atoms. The highest BCUT2D eigenvalue weighted by molar-refractivity contribution is 7.90. The summed E-state index contributed by atoms with van der Waals surface area (Å²) < 4.78 is 78.7. The molecule has 2 unspecified atom stereocenters. The number of hydrogen-bond donors (Lipinski definition) is 3. The zero-order valence-corrected chi connectivity index (χ0v) is 25.4. The summed E-state index contributed by atoms with van der Waals surface area (Å²) in [6.45, 7) is 6.46. The Balaban J connectivity index is 2.08. The smallest absolute Gasteiger partial charge is 0.318 e. The number of imidazole rings is 1. The van der Waals surface area contributed by atoms with Crippen molar-refractivity contribution in [3.05, 3.63) is 29.7 Å². The standard InChI is InChI=1S/C26H38F4N6O5S/c1-23(2,3)42(40)34-20(16(21(37)38)9-24(4,5)25(6,27)28)17-11-36-19(33-17)8-15(10-32-36)18(12-41-7)35-14-26(29,30)13-31-22(35)39/h8,10-11,16,18,20,34H,9,12-14H2,1-7H3,(H,31,39)(H,37,38)/t16?,18-,20+,42?/m1/s1. The second-order valence-electron chi connectivity index (χ2n) is 12.3. The summed E-state index contributed by atoms with van der Waals surface area (Å²) in [7, 11) is 1.35. The van der Waals surface area contributed by atoms with E-state index in [-0.39, 0.29) is 17.9 Å². The lowest BCUT2D eigenvalue weighted by Crippen LogP contribution is -2.58. The second kappa shape index (κ2) is 12.1. The summed E-state index contributed by atoms with van der Waals surface area (Å²) >= 11 is -1.81. The van der Waals surface area contributed by atoms with Gasteiger partial charge < -0.3 is 24.6 Å². The highest BCUT2D eigenvalue weighted by Crippen LogP contribution is 2.44. The van der Waals surface area contributed by atoms with Crippen LogP contribution in [0.1, 0.15) is 71.3 Å². The van der Waals surface area contributed by atoms with Crippen molar-refractivity contribution in [1.29, 1.82) is 0 Å². The Bertz CT molecular complexity index is 1280. The van der Waals surface area contributed by atoms with Gasteiger partial charge in [-0.15, -0.1) is 4.72 Å². The van der Waals surface area contributed by atoms with Gasteiger partial charge in [0.2, 0.25) is 5.92 Å². The van der Waals surface area contributed by atoms with Crippen LogP contribution in [0.15, 0.2) is 18.5 Å². The van der Waals surface area contributed by atoms with Gasteiger partial charge in [-0.2, -0.15) is 5.10 Å². The van der Waals surface area contributed by atoms with Crippen LogP contribution in [0.5, 0.6) is 0 Å². The Hall–Kier alpha value is -2.69. The predicted octanol–water partition coefficient (Wildman–Crippen LogP) is 3.94. The Morgan fingerprint density at radius 1 is 1.29 bits per heavy atom. The van der Waals surface area contributed by atoms with E-state index in [9.17, 15) is 36.8 Å². The molecule has 0 saturated carbocycles. The van der Waals surface area contributed by atoms with E-state index in [1.807, 2.05) is 0 Å². The first-order chi connectivity index (χ1) is 19.2. The summed E-state index contributed by atoms with van der Waals surface area (Å²) in [6, 6.07) is -1.45. The molecule has 1 fully saturated rings. The number of hydrogen-bond acceptors (Lipinski definition) is 7. The number of urea groups is 1. The number of nitrogens with zero attached hydrogens (tertiary/aromatic N) is 4. The lowest BCUT2D eigenvalue weighted by molar-refractivity contribution is -0.148. The normalized spacial score (nSPS) is 19.3. The molecule has 11 nitrogen and oxygen atoms in total. The fourth-order valence-electron chi connectivity index (χ4n) is 4.42. The third-order valence-corrected chi connectivity index (χ3v) is 8.93. The van der Waals surface area contributed by atoms with E-state index >= 15 is 0 Å². The fourth-order valence-corrected chi connectivity index (χ4v) is 5.29. The lowest BCUT2D eigenvalue weighted by Gasteiger charge is -2.38. The summed E-state index contributed by atoms with van der Waals surface area (Å²) in [5.41, 5.74) is -1.19. The van der Waals surface area contributed by atoms with Gasteiger partial charge in [-0.05, 0) is 40.2 Å². The molecular formula is C26H38F4N6O5S. The third-order valence-electron chi connectivity index (χ3n) is 7.35. The average molecular weight is 623 g/mol. The number of carbonyl (C=O) groups is 2. The van der Waals surface area contributed by atoms with Crippen LogP contribution in [-0.2, 0) is 20.9 Å². The summed E-state index contributed by atoms with van der Waals surface area (Å²) in [5.74, 6) is -9.26. The molecule has 3 rings (SSSR count). The molecule has 42 heavy (non-hydrogen) atoms. The molecule has 2 aromatic heterocycles. The maximum Gasteiger partial charge on any atom is 0.318 e. The topological polar surface area (TPSA) is 144 Å². The molecule has 4 atom stereocenters. The predicted molar refractivity (Wildman–Crippen MR) is 147 cm³/mol.